The van der Waals surface area contributed by atoms with Gasteiger partial charge in [-0.05, 0) is 42.7 Å². The smallest absolute Gasteiger partial charge is 0.265 e. The number of ether oxygens (including phenoxy) is 1. The van der Waals surface area contributed by atoms with Crippen LogP contribution >= 0.6 is 11.6 Å². The number of hydrogen-bond donors (Lipinski definition) is 2. The molecule has 0 saturated carbocycles. The maximum atomic E-state index is 12.8. The molecule has 0 radical (unpaired) electrons. The summed E-state index contributed by atoms with van der Waals surface area (Å²) in [5.41, 5.74) is 1.98. The number of halogens is 1. The number of nitrogens with one attached hydrogen (secondary N) is 2. The van der Waals surface area contributed by atoms with E-state index >= 15 is 0 Å². The summed E-state index contributed by atoms with van der Waals surface area (Å²) >= 11 is 6.14. The molecule has 3 rings (SSSR count). The van der Waals surface area contributed by atoms with Crippen LogP contribution in [0.4, 0.5) is 5.69 Å². The molecule has 0 spiro atoms. The third-order valence-electron chi connectivity index (χ3n) is 4.74. The fourth-order valence-electron chi connectivity index (χ4n) is 3.08. The quantitative estimate of drug-likeness (QED) is 0.490. The molecule has 5 nitrogen and oxygen atoms in total. The highest BCUT2D eigenvalue weighted by molar-refractivity contribution is 6.32. The van der Waals surface area contributed by atoms with Crippen molar-refractivity contribution in [3.8, 4) is 5.75 Å². The Hall–Kier alpha value is -3.31. The summed E-state index contributed by atoms with van der Waals surface area (Å²) in [5.74, 6) is -0.142. The van der Waals surface area contributed by atoms with E-state index in [1.807, 2.05) is 37.3 Å². The molecule has 3 aromatic carbocycles. The maximum Gasteiger partial charge on any atom is 0.265 e. The third kappa shape index (κ3) is 6.33. The van der Waals surface area contributed by atoms with E-state index in [9.17, 15) is 9.59 Å². The van der Waals surface area contributed by atoms with Crippen LogP contribution in [0.3, 0.4) is 0 Å². The molecule has 6 heteroatoms. The minimum absolute atomic E-state index is 0.244. The Kier molecular flexibility index (Phi) is 8.07. The van der Waals surface area contributed by atoms with Crippen LogP contribution < -0.4 is 15.4 Å². The Morgan fingerprint density at radius 3 is 2.35 bits per heavy atom. The first-order chi connectivity index (χ1) is 15.1. The van der Waals surface area contributed by atoms with Crippen molar-refractivity contribution in [1.29, 1.82) is 0 Å². The van der Waals surface area contributed by atoms with Gasteiger partial charge in [-0.1, -0.05) is 73.1 Å². The Labute approximate surface area is 187 Å². The Balaban J connectivity index is 1.64. The van der Waals surface area contributed by atoms with E-state index in [0.717, 1.165) is 12.0 Å². The summed E-state index contributed by atoms with van der Waals surface area (Å²) in [4.78, 5) is 25.5. The highest BCUT2D eigenvalue weighted by atomic mass is 35.5. The molecule has 1 unspecified atom stereocenters. The molecular formula is C25H25ClN2O3. The molecule has 3 aromatic rings. The van der Waals surface area contributed by atoms with Gasteiger partial charge >= 0.3 is 0 Å². The van der Waals surface area contributed by atoms with E-state index in [1.54, 1.807) is 48.5 Å². The first-order valence-corrected chi connectivity index (χ1v) is 10.6. The summed E-state index contributed by atoms with van der Waals surface area (Å²) in [6.45, 7) is 2.35. The van der Waals surface area contributed by atoms with E-state index in [-0.39, 0.29) is 11.8 Å². The molecule has 1 atom stereocenters. The number of anilines is 1. The van der Waals surface area contributed by atoms with Gasteiger partial charge in [0.1, 0.15) is 5.75 Å². The zero-order valence-corrected chi connectivity index (χ0v) is 18.1. The molecular weight excluding hydrogens is 412 g/mol. The third-order valence-corrected chi connectivity index (χ3v) is 5.05. The summed E-state index contributed by atoms with van der Waals surface area (Å²) in [6, 6.07) is 23.9. The average Bonchev–Trinajstić information content (AvgIpc) is 2.79. The van der Waals surface area contributed by atoms with Crippen LogP contribution in [0.5, 0.6) is 5.75 Å². The van der Waals surface area contributed by atoms with Gasteiger partial charge in [0.2, 0.25) is 0 Å². The molecule has 0 aliphatic heterocycles. The van der Waals surface area contributed by atoms with Crippen molar-refractivity contribution in [2.45, 2.75) is 25.9 Å². The zero-order valence-electron chi connectivity index (χ0n) is 17.3. The van der Waals surface area contributed by atoms with Gasteiger partial charge in [-0.3, -0.25) is 9.59 Å². The number of hydrogen-bond acceptors (Lipinski definition) is 3. The highest BCUT2D eigenvalue weighted by Gasteiger charge is 2.21. The summed E-state index contributed by atoms with van der Waals surface area (Å²) in [6.07, 6.45) is 0.432. The minimum Gasteiger partial charge on any atom is -0.479 e. The van der Waals surface area contributed by atoms with Gasteiger partial charge in [-0.15, -0.1) is 0 Å². The van der Waals surface area contributed by atoms with Gasteiger partial charge in [0.05, 0.1) is 16.3 Å². The highest BCUT2D eigenvalue weighted by Crippen LogP contribution is 2.25. The lowest BCUT2D eigenvalue weighted by molar-refractivity contribution is -0.122. The number of para-hydroxylation sites is 2. The van der Waals surface area contributed by atoms with Crippen molar-refractivity contribution < 1.29 is 14.3 Å². The summed E-state index contributed by atoms with van der Waals surface area (Å²) in [7, 11) is 0. The second-order valence-electron chi connectivity index (χ2n) is 6.97. The van der Waals surface area contributed by atoms with Crippen molar-refractivity contribution >= 4 is 29.1 Å². The first-order valence-electron chi connectivity index (χ1n) is 10.2. The molecule has 0 bridgehead atoms. The molecule has 2 N–H and O–H groups in total. The normalized spacial score (nSPS) is 11.4. The lowest BCUT2D eigenvalue weighted by atomic mass is 10.1. The van der Waals surface area contributed by atoms with Crippen molar-refractivity contribution in [2.24, 2.45) is 0 Å². The summed E-state index contributed by atoms with van der Waals surface area (Å²) < 4.78 is 5.80. The van der Waals surface area contributed by atoms with Crippen molar-refractivity contribution in [3.63, 3.8) is 0 Å². The van der Waals surface area contributed by atoms with Crippen molar-refractivity contribution in [3.05, 3.63) is 95.0 Å². The predicted octanol–water partition coefficient (Wildman–Crippen LogP) is 5.11. The Bertz CT molecular complexity index is 1020. The first kappa shape index (κ1) is 22.4. The van der Waals surface area contributed by atoms with Crippen molar-refractivity contribution in [2.75, 3.05) is 11.9 Å². The van der Waals surface area contributed by atoms with E-state index in [2.05, 4.69) is 10.6 Å². The van der Waals surface area contributed by atoms with Crippen LogP contribution in [0.1, 0.15) is 29.3 Å². The van der Waals surface area contributed by atoms with E-state index < -0.39 is 6.10 Å². The SMILES string of the molecule is CCC(Oc1ccccc1Cl)C(=O)Nc1ccccc1C(=O)NCCc1ccccc1. The number of carbonyl (C=O) groups is 2. The monoisotopic (exact) mass is 436 g/mol. The van der Waals surface area contributed by atoms with E-state index in [1.165, 1.54) is 0 Å². The minimum atomic E-state index is -0.742. The number of amides is 2. The van der Waals surface area contributed by atoms with Crippen LogP contribution in [0.15, 0.2) is 78.9 Å². The molecule has 0 heterocycles. The van der Waals surface area contributed by atoms with Gasteiger partial charge in [-0.2, -0.15) is 0 Å². The van der Waals surface area contributed by atoms with Crippen molar-refractivity contribution in [1.82, 2.24) is 5.32 Å². The Morgan fingerprint density at radius 2 is 1.61 bits per heavy atom. The average molecular weight is 437 g/mol. The van der Waals surface area contributed by atoms with Gasteiger partial charge in [-0.25, -0.2) is 0 Å². The van der Waals surface area contributed by atoms with Crippen LogP contribution in [0.25, 0.3) is 0 Å². The van der Waals surface area contributed by atoms with Gasteiger partial charge in [0.25, 0.3) is 11.8 Å². The van der Waals surface area contributed by atoms with Crippen LogP contribution in [-0.2, 0) is 11.2 Å². The molecule has 0 fully saturated rings. The zero-order chi connectivity index (χ0) is 22.1. The van der Waals surface area contributed by atoms with Gasteiger partial charge in [0, 0.05) is 6.54 Å². The van der Waals surface area contributed by atoms with Gasteiger partial charge < -0.3 is 15.4 Å². The predicted molar refractivity (Wildman–Crippen MR) is 124 cm³/mol. The molecule has 160 valence electrons. The second-order valence-corrected chi connectivity index (χ2v) is 7.38. The van der Waals surface area contributed by atoms with Crippen LogP contribution in [-0.4, -0.2) is 24.5 Å². The van der Waals surface area contributed by atoms with Crippen LogP contribution in [0, 0.1) is 0 Å². The molecule has 0 saturated heterocycles. The van der Waals surface area contributed by atoms with Crippen LogP contribution in [0.2, 0.25) is 5.02 Å². The number of benzene rings is 3. The molecule has 31 heavy (non-hydrogen) atoms. The van der Waals surface area contributed by atoms with E-state index in [4.69, 9.17) is 16.3 Å². The molecule has 0 aliphatic rings. The fraction of sp³-hybridized carbons (Fsp3) is 0.200. The largest absolute Gasteiger partial charge is 0.479 e. The number of rotatable bonds is 9. The maximum absolute atomic E-state index is 12.8. The fourth-order valence-corrected chi connectivity index (χ4v) is 3.26. The van der Waals surface area contributed by atoms with E-state index in [0.29, 0.717) is 35.0 Å². The second kappa shape index (κ2) is 11.2. The standard InChI is InChI=1S/C25H25ClN2O3/c1-2-22(31-23-15-9-7-13-20(23)26)25(30)28-21-14-8-6-12-19(21)24(29)27-17-16-18-10-4-3-5-11-18/h3-15,22H,2,16-17H2,1H3,(H,27,29)(H,28,30). The van der Waals surface area contributed by atoms with Gasteiger partial charge in [0.15, 0.2) is 6.10 Å². The topological polar surface area (TPSA) is 67.4 Å². The summed E-state index contributed by atoms with van der Waals surface area (Å²) in [5, 5.41) is 6.17. The Morgan fingerprint density at radius 1 is 0.935 bits per heavy atom. The molecule has 2 amide bonds. The number of carbonyl (C=O) groups excluding carboxylic acids is 2. The molecule has 0 aromatic heterocycles. The lowest BCUT2D eigenvalue weighted by Gasteiger charge is -2.19. The lowest BCUT2D eigenvalue weighted by Crippen LogP contribution is -2.33. The molecule has 0 aliphatic carbocycles.